The van der Waals surface area contributed by atoms with E-state index in [0.29, 0.717) is 24.7 Å². The van der Waals surface area contributed by atoms with Crippen molar-refractivity contribution in [2.45, 2.75) is 26.4 Å². The van der Waals surface area contributed by atoms with E-state index in [2.05, 4.69) is 30.6 Å². The summed E-state index contributed by atoms with van der Waals surface area (Å²) in [5, 5.41) is 2.77. The Labute approximate surface area is 131 Å². The van der Waals surface area contributed by atoms with Gasteiger partial charge in [-0.2, -0.15) is 0 Å². The second kappa shape index (κ2) is 6.83. The fourth-order valence-corrected chi connectivity index (χ4v) is 2.51. The van der Waals surface area contributed by atoms with Crippen LogP contribution in [0.5, 0.6) is 5.75 Å². The van der Waals surface area contributed by atoms with Gasteiger partial charge in [-0.15, -0.1) is 0 Å². The largest absolute Gasteiger partial charge is 0.492 e. The molecule has 1 aliphatic rings. The fourth-order valence-electron chi connectivity index (χ4n) is 2.51. The maximum Gasteiger partial charge on any atom is 0.247 e. The van der Waals surface area contributed by atoms with Crippen molar-refractivity contribution in [2.75, 3.05) is 36.5 Å². The summed E-state index contributed by atoms with van der Waals surface area (Å²) in [5.74, 6) is 0.417. The summed E-state index contributed by atoms with van der Waals surface area (Å²) in [6.45, 7) is 12.4. The van der Waals surface area contributed by atoms with Crippen LogP contribution in [-0.4, -0.2) is 37.8 Å². The third-order valence-electron chi connectivity index (χ3n) is 3.50. The van der Waals surface area contributed by atoms with Crippen molar-refractivity contribution < 1.29 is 14.3 Å². The Hall–Kier alpha value is -2.01. The highest BCUT2D eigenvalue weighted by Gasteiger charge is 2.27. The maximum atomic E-state index is 11.5. The Kier molecular flexibility index (Phi) is 5.08. The van der Waals surface area contributed by atoms with Gasteiger partial charge < -0.3 is 19.7 Å². The summed E-state index contributed by atoms with van der Waals surface area (Å²) in [5.41, 5.74) is 1.55. The summed E-state index contributed by atoms with van der Waals surface area (Å²) >= 11 is 0. The van der Waals surface area contributed by atoms with Crippen LogP contribution in [-0.2, 0) is 9.53 Å². The number of ether oxygens (including phenoxy) is 2. The van der Waals surface area contributed by atoms with Crippen LogP contribution in [0, 0.1) is 0 Å². The number of carbonyl (C=O) groups excluding carboxylic acids is 1. The first-order valence-corrected chi connectivity index (χ1v) is 7.54. The van der Waals surface area contributed by atoms with Crippen LogP contribution in [0.25, 0.3) is 0 Å². The minimum absolute atomic E-state index is 0.167. The third-order valence-corrected chi connectivity index (χ3v) is 3.50. The summed E-state index contributed by atoms with van der Waals surface area (Å²) in [6.07, 6.45) is 1.24. The van der Waals surface area contributed by atoms with Crippen molar-refractivity contribution in [3.8, 4) is 5.75 Å². The van der Waals surface area contributed by atoms with Crippen molar-refractivity contribution in [2.24, 2.45) is 0 Å². The van der Waals surface area contributed by atoms with Crippen molar-refractivity contribution in [1.82, 2.24) is 0 Å². The zero-order chi connectivity index (χ0) is 16.2. The third kappa shape index (κ3) is 4.01. The average molecular weight is 304 g/mol. The quantitative estimate of drug-likeness (QED) is 0.850. The van der Waals surface area contributed by atoms with Crippen LogP contribution in [0.3, 0.4) is 0 Å². The van der Waals surface area contributed by atoms with E-state index in [4.69, 9.17) is 9.47 Å². The zero-order valence-corrected chi connectivity index (χ0v) is 13.5. The highest BCUT2D eigenvalue weighted by Crippen LogP contribution is 2.32. The molecule has 1 amide bonds. The zero-order valence-electron chi connectivity index (χ0n) is 13.5. The molecule has 0 unspecified atom stereocenters. The van der Waals surface area contributed by atoms with E-state index in [1.54, 1.807) is 0 Å². The SMILES string of the molecule is C=CC(=O)Nc1ccc(N2CCOC(C)(C)C2)cc1OCC. The number of hydrogen-bond acceptors (Lipinski definition) is 4. The molecule has 1 aromatic rings. The molecule has 1 aromatic carbocycles. The number of nitrogens with zero attached hydrogens (tertiary/aromatic N) is 1. The Bertz CT molecular complexity index is 555. The minimum atomic E-state index is -0.249. The van der Waals surface area contributed by atoms with E-state index in [1.807, 2.05) is 25.1 Å². The monoisotopic (exact) mass is 304 g/mol. The number of rotatable bonds is 5. The average Bonchev–Trinajstić information content (AvgIpc) is 2.48. The molecule has 0 aromatic heterocycles. The number of anilines is 2. The number of morpholine rings is 1. The first kappa shape index (κ1) is 16.4. The molecule has 22 heavy (non-hydrogen) atoms. The molecule has 1 fully saturated rings. The van der Waals surface area contributed by atoms with Crippen LogP contribution in [0.15, 0.2) is 30.9 Å². The van der Waals surface area contributed by atoms with Gasteiger partial charge in [-0.1, -0.05) is 6.58 Å². The van der Waals surface area contributed by atoms with Crippen LogP contribution in [0.4, 0.5) is 11.4 Å². The van der Waals surface area contributed by atoms with E-state index in [0.717, 1.165) is 18.8 Å². The summed E-state index contributed by atoms with van der Waals surface area (Å²) in [4.78, 5) is 13.8. The Morgan fingerprint density at radius 3 is 2.95 bits per heavy atom. The summed E-state index contributed by atoms with van der Waals surface area (Å²) in [6, 6.07) is 5.82. The van der Waals surface area contributed by atoms with Crippen LogP contribution < -0.4 is 15.0 Å². The van der Waals surface area contributed by atoms with Crippen LogP contribution in [0.1, 0.15) is 20.8 Å². The van der Waals surface area contributed by atoms with Crippen molar-refractivity contribution >= 4 is 17.3 Å². The molecule has 1 N–H and O–H groups in total. The standard InChI is InChI=1S/C17H24N2O3/c1-5-16(20)18-14-8-7-13(11-15(14)21-6-2)19-9-10-22-17(3,4)12-19/h5,7-8,11H,1,6,9-10,12H2,2-4H3,(H,18,20). The van der Waals surface area contributed by atoms with E-state index >= 15 is 0 Å². The van der Waals surface area contributed by atoms with Crippen LogP contribution in [0.2, 0.25) is 0 Å². The molecule has 1 heterocycles. The number of benzene rings is 1. The molecule has 1 aliphatic heterocycles. The fraction of sp³-hybridized carbons (Fsp3) is 0.471. The smallest absolute Gasteiger partial charge is 0.247 e. The van der Waals surface area contributed by atoms with E-state index in [-0.39, 0.29) is 11.5 Å². The number of hydrogen-bond donors (Lipinski definition) is 1. The van der Waals surface area contributed by atoms with Crippen LogP contribution >= 0.6 is 0 Å². The van der Waals surface area contributed by atoms with Gasteiger partial charge in [0.05, 0.1) is 24.5 Å². The summed E-state index contributed by atoms with van der Waals surface area (Å²) < 4.78 is 11.4. The van der Waals surface area contributed by atoms with Gasteiger partial charge in [0.25, 0.3) is 0 Å². The molecule has 1 saturated heterocycles. The van der Waals surface area contributed by atoms with Gasteiger partial charge in [-0.3, -0.25) is 4.79 Å². The minimum Gasteiger partial charge on any atom is -0.492 e. The Morgan fingerprint density at radius 2 is 2.32 bits per heavy atom. The normalized spacial score (nSPS) is 17.0. The lowest BCUT2D eigenvalue weighted by atomic mass is 10.1. The summed E-state index contributed by atoms with van der Waals surface area (Å²) in [7, 11) is 0. The molecule has 2 rings (SSSR count). The Balaban J connectivity index is 2.24. The molecular weight excluding hydrogens is 280 g/mol. The molecule has 0 bridgehead atoms. The van der Waals surface area contributed by atoms with Gasteiger partial charge >= 0.3 is 0 Å². The maximum absolute atomic E-state index is 11.5. The van der Waals surface area contributed by atoms with Gasteiger partial charge in [0.15, 0.2) is 0 Å². The van der Waals surface area contributed by atoms with Gasteiger partial charge in [0.2, 0.25) is 5.91 Å². The highest BCUT2D eigenvalue weighted by molar-refractivity contribution is 6.00. The molecular formula is C17H24N2O3. The predicted octanol–water partition coefficient (Wildman–Crippen LogP) is 2.83. The topological polar surface area (TPSA) is 50.8 Å². The second-order valence-electron chi connectivity index (χ2n) is 5.84. The number of nitrogens with one attached hydrogen (secondary N) is 1. The lowest BCUT2D eigenvalue weighted by molar-refractivity contribution is -0.111. The second-order valence-corrected chi connectivity index (χ2v) is 5.84. The number of amides is 1. The first-order valence-electron chi connectivity index (χ1n) is 7.54. The molecule has 5 heteroatoms. The van der Waals surface area contributed by atoms with E-state index in [9.17, 15) is 4.79 Å². The Morgan fingerprint density at radius 1 is 1.55 bits per heavy atom. The molecule has 120 valence electrons. The lowest BCUT2D eigenvalue weighted by Gasteiger charge is -2.39. The molecule has 0 atom stereocenters. The molecule has 0 aliphatic carbocycles. The number of carbonyl (C=O) groups is 1. The van der Waals surface area contributed by atoms with Gasteiger partial charge in [0, 0.05) is 24.8 Å². The van der Waals surface area contributed by atoms with Crippen molar-refractivity contribution in [3.05, 3.63) is 30.9 Å². The molecule has 0 saturated carbocycles. The predicted molar refractivity (Wildman–Crippen MR) is 88.7 cm³/mol. The lowest BCUT2D eigenvalue weighted by Crippen LogP contribution is -2.48. The van der Waals surface area contributed by atoms with Gasteiger partial charge in [-0.25, -0.2) is 0 Å². The molecule has 5 nitrogen and oxygen atoms in total. The van der Waals surface area contributed by atoms with Crippen molar-refractivity contribution in [3.63, 3.8) is 0 Å². The van der Waals surface area contributed by atoms with E-state index in [1.165, 1.54) is 6.08 Å². The van der Waals surface area contributed by atoms with Crippen molar-refractivity contribution in [1.29, 1.82) is 0 Å². The van der Waals surface area contributed by atoms with Gasteiger partial charge in [-0.05, 0) is 39.0 Å². The molecule has 0 spiro atoms. The van der Waals surface area contributed by atoms with Gasteiger partial charge in [0.1, 0.15) is 5.75 Å². The first-order chi connectivity index (χ1) is 10.4. The van der Waals surface area contributed by atoms with E-state index < -0.39 is 0 Å². The highest BCUT2D eigenvalue weighted by atomic mass is 16.5. The molecule has 0 radical (unpaired) electrons.